The van der Waals surface area contributed by atoms with Crippen LogP contribution in [0.2, 0.25) is 0 Å². The summed E-state index contributed by atoms with van der Waals surface area (Å²) < 4.78 is 42.7. The zero-order chi connectivity index (χ0) is 12.5. The Labute approximate surface area is 95.6 Å². The molecule has 2 rings (SSSR count). The van der Waals surface area contributed by atoms with E-state index >= 15 is 0 Å². The average Bonchev–Trinajstić information content (AvgIpc) is 2.28. The van der Waals surface area contributed by atoms with Gasteiger partial charge in [-0.25, -0.2) is 0 Å². The number of hydrogen-bond donors (Lipinski definition) is 1. The molecule has 6 heteroatoms. The number of benzene rings is 1. The fourth-order valence-corrected chi connectivity index (χ4v) is 1.86. The molecule has 1 aromatic rings. The molecule has 0 unspecified atom stereocenters. The van der Waals surface area contributed by atoms with Crippen molar-refractivity contribution in [1.29, 1.82) is 0 Å². The number of fused-ring (bicyclic) bond motifs is 1. The third-order valence-electron chi connectivity index (χ3n) is 2.65. The second kappa shape index (κ2) is 4.27. The van der Waals surface area contributed by atoms with Gasteiger partial charge in [0.1, 0.15) is 5.75 Å². The van der Waals surface area contributed by atoms with E-state index in [1.807, 2.05) is 0 Å². The van der Waals surface area contributed by atoms with Gasteiger partial charge in [-0.2, -0.15) is 13.2 Å². The second-order valence-corrected chi connectivity index (χ2v) is 3.76. The molecule has 0 saturated carbocycles. The Morgan fingerprint density at radius 2 is 2.06 bits per heavy atom. The highest BCUT2D eigenvalue weighted by Gasteiger charge is 2.46. The molecule has 0 bridgehead atoms. The Hall–Kier alpha value is -1.72. The van der Waals surface area contributed by atoms with E-state index in [0.29, 0.717) is 12.0 Å². The van der Waals surface area contributed by atoms with Crippen molar-refractivity contribution in [1.82, 2.24) is 5.32 Å². The first-order valence-electron chi connectivity index (χ1n) is 5.04. The van der Waals surface area contributed by atoms with E-state index in [1.165, 1.54) is 6.07 Å². The number of para-hydroxylation sites is 1. The van der Waals surface area contributed by atoms with Gasteiger partial charge in [0.25, 0.3) is 0 Å². The van der Waals surface area contributed by atoms with Crippen molar-refractivity contribution in [3.63, 3.8) is 0 Å². The molecule has 92 valence electrons. The Morgan fingerprint density at radius 3 is 2.71 bits per heavy atom. The van der Waals surface area contributed by atoms with Crippen molar-refractivity contribution in [2.24, 2.45) is 0 Å². The zero-order valence-electron chi connectivity index (χ0n) is 8.70. The number of halogens is 3. The number of nitrogens with one attached hydrogen (secondary N) is 1. The molecular formula is C11H10F3NO2. The Bertz CT molecular complexity index is 419. The summed E-state index contributed by atoms with van der Waals surface area (Å²) in [6.45, 7) is 0. The van der Waals surface area contributed by atoms with Crippen LogP contribution in [0.3, 0.4) is 0 Å². The van der Waals surface area contributed by atoms with E-state index < -0.39 is 18.3 Å². The fraction of sp³-hybridized carbons (Fsp3) is 0.364. The van der Waals surface area contributed by atoms with Crippen molar-refractivity contribution in [3.05, 3.63) is 29.8 Å². The molecule has 0 saturated heterocycles. The van der Waals surface area contributed by atoms with Crippen LogP contribution >= 0.6 is 0 Å². The highest BCUT2D eigenvalue weighted by atomic mass is 19.4. The van der Waals surface area contributed by atoms with E-state index in [2.05, 4.69) is 5.32 Å². The average molecular weight is 245 g/mol. The molecule has 1 N–H and O–H groups in total. The number of amides is 1. The maximum absolute atomic E-state index is 12.6. The quantitative estimate of drug-likeness (QED) is 0.811. The third kappa shape index (κ3) is 2.35. The van der Waals surface area contributed by atoms with Gasteiger partial charge in [0.05, 0.1) is 6.04 Å². The van der Waals surface area contributed by atoms with E-state index in [9.17, 15) is 18.0 Å². The summed E-state index contributed by atoms with van der Waals surface area (Å²) in [5, 5.41) is 2.38. The molecule has 1 aliphatic heterocycles. The molecular weight excluding hydrogens is 235 g/mol. The van der Waals surface area contributed by atoms with Gasteiger partial charge in [-0.3, -0.25) is 4.79 Å². The van der Waals surface area contributed by atoms with Crippen molar-refractivity contribution in [2.45, 2.75) is 24.7 Å². The maximum Gasteiger partial charge on any atom is 0.425 e. The number of ether oxygens (including phenoxy) is 1. The van der Waals surface area contributed by atoms with Crippen LogP contribution in [-0.2, 0) is 4.79 Å². The number of rotatable bonds is 2. The van der Waals surface area contributed by atoms with E-state index in [1.54, 1.807) is 18.2 Å². The van der Waals surface area contributed by atoms with E-state index in [0.717, 1.165) is 0 Å². The molecule has 1 aromatic carbocycles. The lowest BCUT2D eigenvalue weighted by atomic mass is 9.96. The monoisotopic (exact) mass is 245 g/mol. The molecule has 0 radical (unpaired) electrons. The summed E-state index contributed by atoms with van der Waals surface area (Å²) in [6, 6.07) is 5.73. The van der Waals surface area contributed by atoms with Crippen LogP contribution in [0.4, 0.5) is 13.2 Å². The summed E-state index contributed by atoms with van der Waals surface area (Å²) in [6.07, 6.45) is -6.22. The van der Waals surface area contributed by atoms with Crippen LogP contribution in [0.25, 0.3) is 0 Å². The van der Waals surface area contributed by atoms with Crippen molar-refractivity contribution in [2.75, 3.05) is 0 Å². The van der Waals surface area contributed by atoms with Crippen molar-refractivity contribution in [3.8, 4) is 5.75 Å². The summed E-state index contributed by atoms with van der Waals surface area (Å²) >= 11 is 0. The largest absolute Gasteiger partial charge is 0.480 e. The fourth-order valence-electron chi connectivity index (χ4n) is 1.86. The Morgan fingerprint density at radius 1 is 1.35 bits per heavy atom. The number of carbonyl (C=O) groups excluding carboxylic acids is 1. The van der Waals surface area contributed by atoms with Crippen LogP contribution in [0.1, 0.15) is 18.0 Å². The van der Waals surface area contributed by atoms with Gasteiger partial charge in [0.2, 0.25) is 6.41 Å². The molecule has 0 aliphatic carbocycles. The Balaban J connectivity index is 2.32. The van der Waals surface area contributed by atoms with Crippen LogP contribution in [0.5, 0.6) is 5.75 Å². The number of alkyl halides is 3. The lowest BCUT2D eigenvalue weighted by Crippen LogP contribution is -2.41. The van der Waals surface area contributed by atoms with E-state index in [4.69, 9.17) is 4.74 Å². The van der Waals surface area contributed by atoms with Crippen LogP contribution < -0.4 is 10.1 Å². The first-order valence-corrected chi connectivity index (χ1v) is 5.04. The normalized spacial score (nSPS) is 23.5. The molecule has 0 fully saturated rings. The smallest absolute Gasteiger partial charge is 0.425 e. The summed E-state index contributed by atoms with van der Waals surface area (Å²) in [5.41, 5.74) is 0.570. The minimum Gasteiger partial charge on any atom is -0.480 e. The minimum atomic E-state index is -4.43. The zero-order valence-corrected chi connectivity index (χ0v) is 8.70. The minimum absolute atomic E-state index is 0.167. The summed E-state index contributed by atoms with van der Waals surface area (Å²) in [5.74, 6) is 0.167. The third-order valence-corrected chi connectivity index (χ3v) is 2.65. The van der Waals surface area contributed by atoms with Crippen LogP contribution in [-0.4, -0.2) is 18.7 Å². The predicted molar refractivity (Wildman–Crippen MR) is 53.5 cm³/mol. The van der Waals surface area contributed by atoms with Gasteiger partial charge < -0.3 is 10.1 Å². The number of carbonyl (C=O) groups is 1. The predicted octanol–water partition coefficient (Wildman–Crippen LogP) is 2.19. The molecule has 3 nitrogen and oxygen atoms in total. The number of hydrogen-bond acceptors (Lipinski definition) is 2. The van der Waals surface area contributed by atoms with Gasteiger partial charge in [-0.15, -0.1) is 0 Å². The van der Waals surface area contributed by atoms with Gasteiger partial charge >= 0.3 is 6.18 Å². The molecule has 1 aliphatic rings. The molecule has 2 atom stereocenters. The molecule has 1 heterocycles. The highest BCUT2D eigenvalue weighted by Crippen LogP contribution is 2.39. The van der Waals surface area contributed by atoms with Gasteiger partial charge in [0, 0.05) is 12.0 Å². The summed E-state index contributed by atoms with van der Waals surface area (Å²) in [4.78, 5) is 10.4. The van der Waals surface area contributed by atoms with Crippen LogP contribution in [0, 0.1) is 0 Å². The van der Waals surface area contributed by atoms with Gasteiger partial charge in [0.15, 0.2) is 6.10 Å². The molecule has 17 heavy (non-hydrogen) atoms. The molecule has 0 aromatic heterocycles. The first kappa shape index (κ1) is 11.8. The molecule has 0 spiro atoms. The van der Waals surface area contributed by atoms with Gasteiger partial charge in [-0.05, 0) is 6.07 Å². The van der Waals surface area contributed by atoms with Crippen molar-refractivity contribution < 1.29 is 22.7 Å². The standard InChI is InChI=1S/C11H10F3NO2/c12-11(13,14)10-5-8(15-6-16)7-3-1-2-4-9(7)17-10/h1-4,6,8,10H,5H2,(H,15,16)/t8-,10+/m0/s1. The van der Waals surface area contributed by atoms with Crippen LogP contribution in [0.15, 0.2) is 24.3 Å². The topological polar surface area (TPSA) is 38.3 Å². The van der Waals surface area contributed by atoms with Crippen molar-refractivity contribution >= 4 is 6.41 Å². The lowest BCUT2D eigenvalue weighted by Gasteiger charge is -2.32. The van der Waals surface area contributed by atoms with E-state index in [-0.39, 0.29) is 12.2 Å². The highest BCUT2D eigenvalue weighted by molar-refractivity contribution is 5.50. The first-order chi connectivity index (χ1) is 8.02. The molecule has 1 amide bonds. The lowest BCUT2D eigenvalue weighted by molar-refractivity contribution is -0.201. The maximum atomic E-state index is 12.6. The van der Waals surface area contributed by atoms with Gasteiger partial charge in [-0.1, -0.05) is 18.2 Å². The SMILES string of the molecule is O=CN[C@H]1C[C@H](C(F)(F)F)Oc2ccccc21. The second-order valence-electron chi connectivity index (χ2n) is 3.76. The summed E-state index contributed by atoms with van der Waals surface area (Å²) in [7, 11) is 0. The Kier molecular flexibility index (Phi) is 2.95.